The maximum atomic E-state index is 13.8. The molecule has 0 spiro atoms. The second-order valence-electron chi connectivity index (χ2n) is 13.3. The lowest BCUT2D eigenvalue weighted by Gasteiger charge is -2.56. The molecule has 5 aliphatic carbocycles. The predicted molar refractivity (Wildman–Crippen MR) is 155 cm³/mol. The van der Waals surface area contributed by atoms with Gasteiger partial charge in [0.2, 0.25) is 0 Å². The van der Waals surface area contributed by atoms with Gasteiger partial charge in [0.1, 0.15) is 5.60 Å². The molecular weight excluding hydrogens is 731 g/mol. The van der Waals surface area contributed by atoms with Crippen molar-refractivity contribution >= 4 is 48.0 Å². The first-order valence-corrected chi connectivity index (χ1v) is 17.4. The SMILES string of the molecule is CC(F)(SOO[O-])C(=O)OCC(=O)OCC12CC3CC(CC(C3)C1)C2.CCC1(OC(=O)COC(=O)C(F)(SOO[O-])C(F)(F)F)CCCCC1. The van der Waals surface area contributed by atoms with E-state index in [0.29, 0.717) is 25.9 Å². The van der Waals surface area contributed by atoms with Crippen molar-refractivity contribution in [3.05, 3.63) is 0 Å². The summed E-state index contributed by atoms with van der Waals surface area (Å²) in [7, 11) is 0. The van der Waals surface area contributed by atoms with Crippen molar-refractivity contribution in [2.45, 2.75) is 113 Å². The van der Waals surface area contributed by atoms with E-state index in [-0.39, 0.29) is 17.5 Å². The van der Waals surface area contributed by atoms with E-state index in [1.807, 2.05) is 0 Å². The zero-order valence-electron chi connectivity index (χ0n) is 27.3. The lowest BCUT2D eigenvalue weighted by atomic mass is 9.50. The Bertz CT molecular complexity index is 1130. The number of carbonyl (C=O) groups is 4. The van der Waals surface area contributed by atoms with E-state index in [9.17, 15) is 51.6 Å². The van der Waals surface area contributed by atoms with Crippen LogP contribution in [0.3, 0.4) is 0 Å². The van der Waals surface area contributed by atoms with Crippen molar-refractivity contribution in [2.24, 2.45) is 23.2 Å². The van der Waals surface area contributed by atoms with Crippen LogP contribution >= 0.6 is 24.1 Å². The number of halogens is 5. The molecule has 0 N–H and O–H groups in total. The highest BCUT2D eigenvalue weighted by molar-refractivity contribution is 7.96. The number of carbonyl (C=O) groups excluding carboxylic acids is 4. The van der Waals surface area contributed by atoms with Crippen LogP contribution in [-0.4, -0.2) is 65.5 Å². The van der Waals surface area contributed by atoms with Gasteiger partial charge < -0.3 is 29.5 Å². The third kappa shape index (κ3) is 11.5. The van der Waals surface area contributed by atoms with Crippen LogP contribution in [0.15, 0.2) is 0 Å². The average molecular weight is 771 g/mol. The van der Waals surface area contributed by atoms with E-state index < -0.39 is 70.9 Å². The molecule has 2 atom stereocenters. The molecule has 0 amide bonds. The van der Waals surface area contributed by atoms with Crippen LogP contribution in [-0.2, 0) is 56.9 Å². The number of esters is 4. The van der Waals surface area contributed by atoms with Gasteiger partial charge in [0, 0.05) is 5.41 Å². The molecule has 0 aromatic heterocycles. The number of alkyl halides is 5. The highest BCUT2D eigenvalue weighted by atomic mass is 32.2. The molecule has 0 radical (unpaired) electrons. The fourth-order valence-electron chi connectivity index (χ4n) is 7.58. The van der Waals surface area contributed by atoms with E-state index in [1.54, 1.807) is 6.92 Å². The minimum atomic E-state index is -5.77. The van der Waals surface area contributed by atoms with Gasteiger partial charge in [-0.15, -0.1) is 0 Å². The molecule has 21 heteroatoms. The molecule has 50 heavy (non-hydrogen) atoms. The summed E-state index contributed by atoms with van der Waals surface area (Å²) >= 11 is -1.36. The Hall–Kier alpha value is -2.01. The third-order valence-corrected chi connectivity index (χ3v) is 10.8. The molecular formula is C29H39F5O14S2-2. The smallest absolute Gasteiger partial charge is 0.446 e. The first-order valence-electron chi connectivity index (χ1n) is 15.9. The second-order valence-corrected chi connectivity index (χ2v) is 15.2. The van der Waals surface area contributed by atoms with Crippen molar-refractivity contribution < 1.29 is 89.3 Å². The largest absolute Gasteiger partial charge is 0.691 e. The maximum Gasteiger partial charge on any atom is 0.446 e. The van der Waals surface area contributed by atoms with Crippen LogP contribution in [0.25, 0.3) is 0 Å². The minimum absolute atomic E-state index is 0.0676. The molecule has 0 aliphatic heterocycles. The van der Waals surface area contributed by atoms with Gasteiger partial charge in [-0.3, -0.25) is 10.1 Å². The summed E-state index contributed by atoms with van der Waals surface area (Å²) in [5.74, 6) is -3.37. The molecule has 14 nitrogen and oxygen atoms in total. The van der Waals surface area contributed by atoms with Crippen LogP contribution in [0.4, 0.5) is 22.0 Å². The van der Waals surface area contributed by atoms with Gasteiger partial charge in [0.05, 0.1) is 30.7 Å². The van der Waals surface area contributed by atoms with E-state index in [2.05, 4.69) is 28.2 Å². The van der Waals surface area contributed by atoms with Crippen molar-refractivity contribution in [3.63, 3.8) is 0 Å². The van der Waals surface area contributed by atoms with Crippen LogP contribution in [0.1, 0.15) is 90.9 Å². The summed E-state index contributed by atoms with van der Waals surface area (Å²) < 4.78 is 91.8. The Balaban J connectivity index is 0.000000270. The second kappa shape index (κ2) is 18.2. The fourth-order valence-corrected chi connectivity index (χ4v) is 8.20. The van der Waals surface area contributed by atoms with Gasteiger partial charge in [0.25, 0.3) is 5.00 Å². The van der Waals surface area contributed by atoms with Crippen molar-refractivity contribution in [1.29, 1.82) is 0 Å². The normalized spacial score (nSPS) is 27.5. The summed E-state index contributed by atoms with van der Waals surface area (Å²) in [6.45, 7) is 1.07. The van der Waals surface area contributed by atoms with Crippen molar-refractivity contribution in [1.82, 2.24) is 0 Å². The number of hydrogen-bond donors (Lipinski definition) is 0. The molecule has 2 unspecified atom stereocenters. The molecule has 0 heterocycles. The van der Waals surface area contributed by atoms with Gasteiger partial charge in [0.15, 0.2) is 13.2 Å². The first-order chi connectivity index (χ1) is 23.4. The van der Waals surface area contributed by atoms with Crippen LogP contribution < -0.4 is 10.5 Å². The Labute approximate surface area is 292 Å². The molecule has 4 bridgehead atoms. The monoisotopic (exact) mass is 770 g/mol. The Morgan fingerprint density at radius 3 is 1.74 bits per heavy atom. The Kier molecular flexibility index (Phi) is 15.4. The lowest BCUT2D eigenvalue weighted by molar-refractivity contribution is -0.777. The molecule has 5 aliphatic rings. The van der Waals surface area contributed by atoms with Crippen LogP contribution in [0, 0.1) is 23.2 Å². The van der Waals surface area contributed by atoms with Crippen LogP contribution in [0.2, 0.25) is 0 Å². The molecule has 0 saturated heterocycles. The highest BCUT2D eigenvalue weighted by Gasteiger charge is 2.66. The number of hydrogen-bond acceptors (Lipinski definition) is 16. The first kappa shape index (κ1) is 42.4. The van der Waals surface area contributed by atoms with E-state index in [0.717, 1.165) is 63.2 Å². The van der Waals surface area contributed by atoms with Crippen molar-refractivity contribution in [3.8, 4) is 0 Å². The average Bonchev–Trinajstić information content (AvgIpc) is 3.06. The summed E-state index contributed by atoms with van der Waals surface area (Å²) in [5, 5.41) is 17.5. The quantitative estimate of drug-likeness (QED) is 0.0544. The van der Waals surface area contributed by atoms with Gasteiger partial charge in [-0.2, -0.15) is 21.8 Å². The summed E-state index contributed by atoms with van der Waals surface area (Å²) in [4.78, 5) is 46.5. The molecule has 5 saturated carbocycles. The zero-order chi connectivity index (χ0) is 37.2. The molecule has 288 valence electrons. The van der Waals surface area contributed by atoms with Gasteiger partial charge in [-0.25, -0.2) is 28.0 Å². The predicted octanol–water partition coefficient (Wildman–Crippen LogP) is 4.13. The molecule has 5 rings (SSSR count). The summed E-state index contributed by atoms with van der Waals surface area (Å²) in [6, 6.07) is 0. The topological polar surface area (TPSA) is 188 Å². The van der Waals surface area contributed by atoms with E-state index >= 15 is 0 Å². The molecule has 0 aromatic rings. The summed E-state index contributed by atoms with van der Waals surface area (Å²) in [5.41, 5.74) is -0.689. The zero-order valence-corrected chi connectivity index (χ0v) is 28.9. The minimum Gasteiger partial charge on any atom is -0.691 e. The van der Waals surface area contributed by atoms with Crippen LogP contribution in [0.5, 0.6) is 0 Å². The molecule has 0 aromatic carbocycles. The Morgan fingerprint density at radius 2 is 1.24 bits per heavy atom. The van der Waals surface area contributed by atoms with E-state index in [1.165, 1.54) is 19.3 Å². The highest BCUT2D eigenvalue weighted by Crippen LogP contribution is 2.60. The van der Waals surface area contributed by atoms with E-state index in [4.69, 9.17) is 9.47 Å². The van der Waals surface area contributed by atoms with Gasteiger partial charge in [-0.05, 0) is 95.3 Å². The van der Waals surface area contributed by atoms with Gasteiger partial charge in [-0.1, -0.05) is 13.3 Å². The lowest BCUT2D eigenvalue weighted by Crippen LogP contribution is -2.48. The number of ether oxygens (including phenoxy) is 4. The number of rotatable bonds is 16. The van der Waals surface area contributed by atoms with Crippen molar-refractivity contribution in [2.75, 3.05) is 19.8 Å². The third-order valence-electron chi connectivity index (χ3n) is 9.47. The Morgan fingerprint density at radius 1 is 0.740 bits per heavy atom. The maximum absolute atomic E-state index is 13.8. The fraction of sp³-hybridized carbons (Fsp3) is 0.862. The molecule has 5 fully saturated rings. The summed E-state index contributed by atoms with van der Waals surface area (Å²) in [6.07, 6.45) is 5.70. The van der Waals surface area contributed by atoms with Gasteiger partial charge >= 0.3 is 35.1 Å². The standard InChI is InChI=1S/C16H23FO7S.C13H18F4O7S/c1-15(17,25-24-23-20)14(19)21-8-13(18)22-9-16-5-10-2-11(6-16)4-12(3-10)7-16;1-2-11(6-4-3-5-7-11)22-9(18)8-21-10(19)12(14,13(15,16)17)25-24-23-20/h10-12,20H,2-9H2,1H3;20H,2-8H2,1H3/p-2.